The fourth-order valence-corrected chi connectivity index (χ4v) is 5.87. The minimum Gasteiger partial charge on any atom is -0.598 e. The monoisotopic (exact) mass is 468 g/mol. The molecule has 8 heteroatoms. The van der Waals surface area contributed by atoms with Crippen LogP contribution in [-0.4, -0.2) is 55.6 Å². The molecular weight excluding hydrogens is 436 g/mol. The first-order valence-corrected chi connectivity index (χ1v) is 12.8. The third-order valence-corrected chi connectivity index (χ3v) is 8.13. The van der Waals surface area contributed by atoms with Gasteiger partial charge in [0, 0.05) is 22.4 Å². The molecule has 172 valence electrons. The van der Waals surface area contributed by atoms with Gasteiger partial charge < -0.3 is 14.6 Å². The Balaban J connectivity index is 2.01. The van der Waals surface area contributed by atoms with E-state index in [1.807, 2.05) is 47.3 Å². The molecule has 0 spiro atoms. The summed E-state index contributed by atoms with van der Waals surface area (Å²) < 4.78 is 14.4. The number of piperidine rings is 1. The molecule has 1 saturated heterocycles. The molecule has 1 aromatic carbocycles. The van der Waals surface area contributed by atoms with Crippen molar-refractivity contribution in [3.8, 4) is 0 Å². The van der Waals surface area contributed by atoms with E-state index in [1.165, 1.54) is 0 Å². The number of carbonyl (C=O) groups is 2. The second-order valence-electron chi connectivity index (χ2n) is 9.47. The van der Waals surface area contributed by atoms with Crippen molar-refractivity contribution in [3.63, 3.8) is 0 Å². The molecular formula is C23H33ClN2O4S. The number of amides is 1. The van der Waals surface area contributed by atoms with Gasteiger partial charge in [-0.25, -0.2) is 0 Å². The summed E-state index contributed by atoms with van der Waals surface area (Å²) in [6, 6.07) is 7.40. The molecule has 1 N–H and O–H groups in total. The standard InChI is InChI=1S/C23H33ClN2O4S/c1-15(2)25(31(4)30)14-20(17-5-6-17)26-19(16-7-9-18(24)10-8-16)11-12-23(3,22(26)29)13-21(27)28/h7-10,15,17,19-20H,5-6,11-14H2,1-4H3,(H,27,28)/t19-,20?,23+,31?/m0/s1. The highest BCUT2D eigenvalue weighted by Crippen LogP contribution is 2.48. The van der Waals surface area contributed by atoms with Crippen LogP contribution in [0.15, 0.2) is 24.3 Å². The summed E-state index contributed by atoms with van der Waals surface area (Å²) in [6.07, 6.45) is 4.76. The molecule has 6 nitrogen and oxygen atoms in total. The van der Waals surface area contributed by atoms with Crippen molar-refractivity contribution in [2.45, 2.75) is 71.0 Å². The van der Waals surface area contributed by atoms with Gasteiger partial charge in [0.2, 0.25) is 5.91 Å². The highest BCUT2D eigenvalue weighted by molar-refractivity contribution is 7.88. The average molecular weight is 469 g/mol. The lowest BCUT2D eigenvalue weighted by molar-refractivity contribution is -0.160. The maximum Gasteiger partial charge on any atom is 0.304 e. The van der Waals surface area contributed by atoms with Crippen LogP contribution in [0.25, 0.3) is 0 Å². The first kappa shape index (κ1) is 24.4. The van der Waals surface area contributed by atoms with Crippen molar-refractivity contribution in [2.75, 3.05) is 12.8 Å². The largest absolute Gasteiger partial charge is 0.598 e. The average Bonchev–Trinajstić information content (AvgIpc) is 3.50. The summed E-state index contributed by atoms with van der Waals surface area (Å²) in [5.74, 6) is -0.721. The zero-order valence-electron chi connectivity index (χ0n) is 18.7. The Morgan fingerprint density at radius 1 is 1.32 bits per heavy atom. The molecule has 4 atom stereocenters. The number of rotatable bonds is 9. The van der Waals surface area contributed by atoms with E-state index in [1.54, 1.807) is 13.2 Å². The van der Waals surface area contributed by atoms with Crippen LogP contribution in [0.4, 0.5) is 0 Å². The van der Waals surface area contributed by atoms with Crippen LogP contribution in [0.3, 0.4) is 0 Å². The zero-order chi connectivity index (χ0) is 22.9. The fraction of sp³-hybridized carbons (Fsp3) is 0.652. The topological polar surface area (TPSA) is 83.9 Å². The lowest BCUT2D eigenvalue weighted by atomic mass is 9.74. The zero-order valence-corrected chi connectivity index (χ0v) is 20.3. The van der Waals surface area contributed by atoms with Gasteiger partial charge >= 0.3 is 5.97 Å². The van der Waals surface area contributed by atoms with Gasteiger partial charge in [-0.1, -0.05) is 30.7 Å². The van der Waals surface area contributed by atoms with Gasteiger partial charge in [-0.05, 0) is 63.1 Å². The summed E-state index contributed by atoms with van der Waals surface area (Å²) in [5, 5.41) is 10.1. The minimum absolute atomic E-state index is 0.0753. The SMILES string of the molecule is CC(C)N(CC(C1CC1)N1C(=O)[C@@](C)(CC(=O)O)CC[C@H]1c1ccc(Cl)cc1)[S+](C)[O-]. The van der Waals surface area contributed by atoms with Gasteiger partial charge in [-0.3, -0.25) is 9.59 Å². The molecule has 1 aromatic rings. The van der Waals surface area contributed by atoms with Crippen LogP contribution in [-0.2, 0) is 21.0 Å². The Labute approximate surface area is 193 Å². The third kappa shape index (κ3) is 5.56. The van der Waals surface area contributed by atoms with Crippen LogP contribution in [0.5, 0.6) is 0 Å². The number of carboxylic acid groups (broad SMARTS) is 1. The van der Waals surface area contributed by atoms with E-state index in [0.717, 1.165) is 18.4 Å². The normalized spacial score (nSPS) is 26.4. The Kier molecular flexibility index (Phi) is 7.62. The van der Waals surface area contributed by atoms with Gasteiger partial charge in [0.15, 0.2) is 0 Å². The number of nitrogens with zero attached hydrogens (tertiary/aromatic N) is 2. The van der Waals surface area contributed by atoms with E-state index in [4.69, 9.17) is 11.6 Å². The van der Waals surface area contributed by atoms with Crippen molar-refractivity contribution in [1.82, 2.24) is 9.21 Å². The number of benzene rings is 1. The molecule has 31 heavy (non-hydrogen) atoms. The predicted molar refractivity (Wildman–Crippen MR) is 123 cm³/mol. The van der Waals surface area contributed by atoms with Crippen molar-refractivity contribution >= 4 is 34.8 Å². The number of hydrogen-bond acceptors (Lipinski definition) is 4. The van der Waals surface area contributed by atoms with Crippen LogP contribution in [0, 0.1) is 11.3 Å². The lowest BCUT2D eigenvalue weighted by Crippen LogP contribution is -2.58. The van der Waals surface area contributed by atoms with Gasteiger partial charge in [-0.15, -0.1) is 4.31 Å². The first-order valence-electron chi connectivity index (χ1n) is 10.9. The number of likely N-dealkylation sites (tertiary alicyclic amines) is 1. The molecule has 2 unspecified atom stereocenters. The van der Waals surface area contributed by atoms with Gasteiger partial charge in [0.05, 0.1) is 30.5 Å². The highest BCUT2D eigenvalue weighted by Gasteiger charge is 2.51. The third-order valence-electron chi connectivity index (χ3n) is 6.65. The first-order chi connectivity index (χ1) is 14.5. The van der Waals surface area contributed by atoms with E-state index >= 15 is 0 Å². The van der Waals surface area contributed by atoms with E-state index < -0.39 is 22.7 Å². The van der Waals surface area contributed by atoms with Crippen molar-refractivity contribution in [1.29, 1.82) is 0 Å². The van der Waals surface area contributed by atoms with Gasteiger partial charge in [0.25, 0.3) is 0 Å². The van der Waals surface area contributed by atoms with Gasteiger partial charge in [0.1, 0.15) is 6.26 Å². The number of aliphatic carboxylic acids is 1. The van der Waals surface area contributed by atoms with Crippen LogP contribution in [0.2, 0.25) is 5.02 Å². The van der Waals surface area contributed by atoms with E-state index in [9.17, 15) is 19.2 Å². The predicted octanol–water partition coefficient (Wildman–Crippen LogP) is 4.27. The van der Waals surface area contributed by atoms with Crippen LogP contribution in [0.1, 0.15) is 64.5 Å². The molecule has 1 aliphatic carbocycles. The Hall–Kier alpha value is -1.28. The summed E-state index contributed by atoms with van der Waals surface area (Å²) in [7, 11) is 0. The summed E-state index contributed by atoms with van der Waals surface area (Å²) >= 11 is 4.93. The summed E-state index contributed by atoms with van der Waals surface area (Å²) in [6.45, 7) is 6.31. The number of carbonyl (C=O) groups excluding carboxylic acids is 1. The number of carboxylic acids is 1. The molecule has 1 amide bonds. The number of halogens is 1. The maximum atomic E-state index is 13.9. The maximum absolute atomic E-state index is 13.9. The smallest absolute Gasteiger partial charge is 0.304 e. The van der Waals surface area contributed by atoms with Crippen molar-refractivity contribution in [2.24, 2.45) is 11.3 Å². The molecule has 1 heterocycles. The second-order valence-corrected chi connectivity index (χ2v) is 11.2. The van der Waals surface area contributed by atoms with E-state index in [2.05, 4.69) is 0 Å². The van der Waals surface area contributed by atoms with Gasteiger partial charge in [-0.2, -0.15) is 0 Å². The number of hydrogen-bond donors (Lipinski definition) is 1. The molecule has 1 aliphatic heterocycles. The molecule has 0 bridgehead atoms. The van der Waals surface area contributed by atoms with E-state index in [0.29, 0.717) is 30.3 Å². The Bertz CT molecular complexity index is 791. The molecule has 0 radical (unpaired) electrons. The summed E-state index contributed by atoms with van der Waals surface area (Å²) in [4.78, 5) is 27.4. The summed E-state index contributed by atoms with van der Waals surface area (Å²) in [5.41, 5.74) is 0.0742. The quantitative estimate of drug-likeness (QED) is 0.547. The molecule has 2 fully saturated rings. The minimum atomic E-state index is -1.16. The van der Waals surface area contributed by atoms with Crippen molar-refractivity contribution in [3.05, 3.63) is 34.9 Å². The fourth-order valence-electron chi connectivity index (χ4n) is 4.79. The van der Waals surface area contributed by atoms with E-state index in [-0.39, 0.29) is 30.5 Å². The Morgan fingerprint density at radius 2 is 1.94 bits per heavy atom. The highest BCUT2D eigenvalue weighted by atomic mass is 35.5. The molecule has 3 rings (SSSR count). The molecule has 2 aliphatic rings. The molecule has 1 saturated carbocycles. The Morgan fingerprint density at radius 3 is 2.42 bits per heavy atom. The second kappa shape index (κ2) is 9.69. The lowest BCUT2D eigenvalue weighted by Gasteiger charge is -2.49. The van der Waals surface area contributed by atoms with Crippen LogP contribution >= 0.6 is 11.6 Å². The molecule has 0 aromatic heterocycles. The van der Waals surface area contributed by atoms with Crippen molar-refractivity contribution < 1.29 is 19.2 Å². The van der Waals surface area contributed by atoms with Crippen LogP contribution < -0.4 is 0 Å².